The van der Waals surface area contributed by atoms with Gasteiger partial charge in [-0.2, -0.15) is 0 Å². The molecule has 0 saturated carbocycles. The van der Waals surface area contributed by atoms with Crippen molar-refractivity contribution in [3.8, 4) is 0 Å². The van der Waals surface area contributed by atoms with Crippen LogP contribution < -0.4 is 0 Å². The molecular formula is C14H17NO5. The fourth-order valence-electron chi connectivity index (χ4n) is 2.35. The zero-order valence-electron chi connectivity index (χ0n) is 11.2. The lowest BCUT2D eigenvalue weighted by Gasteiger charge is -2.21. The Morgan fingerprint density at radius 3 is 2.55 bits per heavy atom. The molecule has 6 nitrogen and oxygen atoms in total. The molecule has 108 valence electrons. The van der Waals surface area contributed by atoms with Gasteiger partial charge in [0, 0.05) is 25.6 Å². The van der Waals surface area contributed by atoms with Crippen molar-refractivity contribution in [1.82, 2.24) is 4.90 Å². The normalized spacial score (nSPS) is 22.0. The average molecular weight is 279 g/mol. The van der Waals surface area contributed by atoms with E-state index in [2.05, 4.69) is 0 Å². The zero-order valence-corrected chi connectivity index (χ0v) is 11.2. The summed E-state index contributed by atoms with van der Waals surface area (Å²) in [6.07, 6.45) is -0.712. The number of amides is 1. The number of rotatable bonds is 4. The number of ether oxygens (including phenoxy) is 1. The van der Waals surface area contributed by atoms with Gasteiger partial charge in [-0.3, -0.25) is 4.79 Å². The number of likely N-dealkylation sites (tertiary alicyclic amines) is 1. The average Bonchev–Trinajstić information content (AvgIpc) is 2.81. The Morgan fingerprint density at radius 2 is 2.00 bits per heavy atom. The molecule has 2 atom stereocenters. The molecule has 1 fully saturated rings. The van der Waals surface area contributed by atoms with Crippen molar-refractivity contribution >= 4 is 11.9 Å². The van der Waals surface area contributed by atoms with Crippen LogP contribution in [0.2, 0.25) is 0 Å². The third kappa shape index (κ3) is 2.97. The quantitative estimate of drug-likeness (QED) is 0.837. The van der Waals surface area contributed by atoms with E-state index in [0.717, 1.165) is 5.56 Å². The molecule has 2 rings (SSSR count). The molecule has 6 heteroatoms. The van der Waals surface area contributed by atoms with Crippen LogP contribution in [0.4, 0.5) is 0 Å². The van der Waals surface area contributed by atoms with Crippen LogP contribution in [-0.2, 0) is 16.1 Å². The molecule has 0 bridgehead atoms. The minimum atomic E-state index is -1.09. The van der Waals surface area contributed by atoms with Crippen molar-refractivity contribution in [3.05, 3.63) is 35.4 Å². The van der Waals surface area contributed by atoms with Gasteiger partial charge in [-0.1, -0.05) is 12.1 Å². The molecule has 0 aromatic heterocycles. The van der Waals surface area contributed by atoms with Gasteiger partial charge in [0.1, 0.15) is 6.04 Å². The van der Waals surface area contributed by atoms with Crippen molar-refractivity contribution in [2.75, 3.05) is 13.7 Å². The van der Waals surface area contributed by atoms with Gasteiger partial charge in [-0.15, -0.1) is 0 Å². The maximum absolute atomic E-state index is 12.3. The number of carboxylic acid groups (broad SMARTS) is 1. The lowest BCUT2D eigenvalue weighted by atomic mass is 10.1. The number of β-amino-alcohol motifs (C(OH)–C–C–N with tert-alkyl or cyclic N) is 1. The van der Waals surface area contributed by atoms with E-state index in [1.54, 1.807) is 31.4 Å². The van der Waals surface area contributed by atoms with Crippen molar-refractivity contribution in [3.63, 3.8) is 0 Å². The zero-order chi connectivity index (χ0) is 14.7. The predicted molar refractivity (Wildman–Crippen MR) is 70.2 cm³/mol. The van der Waals surface area contributed by atoms with Gasteiger partial charge in [0.05, 0.1) is 12.7 Å². The van der Waals surface area contributed by atoms with Crippen LogP contribution in [0.25, 0.3) is 0 Å². The molecular weight excluding hydrogens is 262 g/mol. The Morgan fingerprint density at radius 1 is 1.35 bits per heavy atom. The van der Waals surface area contributed by atoms with E-state index >= 15 is 0 Å². The Balaban J connectivity index is 2.15. The van der Waals surface area contributed by atoms with Crippen LogP contribution in [-0.4, -0.2) is 52.8 Å². The van der Waals surface area contributed by atoms with Crippen molar-refractivity contribution in [2.24, 2.45) is 0 Å². The van der Waals surface area contributed by atoms with E-state index in [1.165, 1.54) is 4.90 Å². The van der Waals surface area contributed by atoms with Crippen molar-refractivity contribution in [2.45, 2.75) is 25.2 Å². The molecule has 2 N–H and O–H groups in total. The SMILES string of the molecule is COCc1ccc(C(=O)N2CC(O)C[C@H]2C(=O)O)cc1. The number of carbonyl (C=O) groups is 2. The lowest BCUT2D eigenvalue weighted by Crippen LogP contribution is -2.40. The number of aliphatic hydroxyl groups is 1. The third-order valence-corrected chi connectivity index (χ3v) is 3.34. The molecule has 1 aromatic carbocycles. The van der Waals surface area contributed by atoms with Crippen LogP contribution in [0.5, 0.6) is 0 Å². The maximum Gasteiger partial charge on any atom is 0.326 e. The topological polar surface area (TPSA) is 87.1 Å². The van der Waals surface area contributed by atoms with E-state index in [1.807, 2.05) is 0 Å². The van der Waals surface area contributed by atoms with E-state index in [-0.39, 0.29) is 18.9 Å². The molecule has 20 heavy (non-hydrogen) atoms. The van der Waals surface area contributed by atoms with Crippen LogP contribution in [0.3, 0.4) is 0 Å². The molecule has 1 amide bonds. The summed E-state index contributed by atoms with van der Waals surface area (Å²) in [6.45, 7) is 0.504. The first kappa shape index (κ1) is 14.5. The summed E-state index contributed by atoms with van der Waals surface area (Å²) in [5.74, 6) is -1.47. The smallest absolute Gasteiger partial charge is 0.326 e. The lowest BCUT2D eigenvalue weighted by molar-refractivity contribution is -0.141. The first-order valence-corrected chi connectivity index (χ1v) is 6.32. The summed E-state index contributed by atoms with van der Waals surface area (Å²) in [5.41, 5.74) is 1.34. The van der Waals surface area contributed by atoms with Gasteiger partial charge >= 0.3 is 5.97 Å². The Bertz CT molecular complexity index is 499. The molecule has 1 unspecified atom stereocenters. The van der Waals surface area contributed by atoms with Gasteiger partial charge in [0.2, 0.25) is 0 Å². The number of benzene rings is 1. The minimum Gasteiger partial charge on any atom is -0.480 e. The molecule has 0 spiro atoms. The third-order valence-electron chi connectivity index (χ3n) is 3.34. The highest BCUT2D eigenvalue weighted by atomic mass is 16.5. The summed E-state index contributed by atoms with van der Waals surface area (Å²) in [6, 6.07) is 5.84. The monoisotopic (exact) mass is 279 g/mol. The summed E-state index contributed by atoms with van der Waals surface area (Å²) >= 11 is 0. The fourth-order valence-corrected chi connectivity index (χ4v) is 2.35. The number of hydrogen-bond donors (Lipinski definition) is 2. The number of nitrogens with zero attached hydrogens (tertiary/aromatic N) is 1. The molecule has 1 aliphatic rings. The van der Waals surface area contributed by atoms with Crippen molar-refractivity contribution < 1.29 is 24.5 Å². The molecule has 1 aliphatic heterocycles. The molecule has 1 heterocycles. The van der Waals surface area contributed by atoms with Gasteiger partial charge in [0.15, 0.2) is 0 Å². The molecule has 0 aliphatic carbocycles. The second-order valence-electron chi connectivity index (χ2n) is 4.83. The largest absolute Gasteiger partial charge is 0.480 e. The first-order valence-electron chi connectivity index (χ1n) is 6.32. The van der Waals surface area contributed by atoms with Crippen molar-refractivity contribution in [1.29, 1.82) is 0 Å². The van der Waals surface area contributed by atoms with Gasteiger partial charge in [0.25, 0.3) is 5.91 Å². The molecule has 1 saturated heterocycles. The highest BCUT2D eigenvalue weighted by Crippen LogP contribution is 2.21. The first-order chi connectivity index (χ1) is 9.52. The highest BCUT2D eigenvalue weighted by Gasteiger charge is 2.39. The van der Waals surface area contributed by atoms with Crippen LogP contribution in [0.15, 0.2) is 24.3 Å². The van der Waals surface area contributed by atoms with Gasteiger partial charge < -0.3 is 19.8 Å². The standard InChI is InChI=1S/C14H17NO5/c1-20-8-9-2-4-10(5-3-9)13(17)15-7-11(16)6-12(15)14(18)19/h2-5,11-12,16H,6-8H2,1H3,(H,18,19)/t11?,12-/m0/s1. The molecule has 0 radical (unpaired) electrons. The summed E-state index contributed by atoms with van der Waals surface area (Å²) in [4.78, 5) is 24.6. The minimum absolute atomic E-state index is 0.0512. The van der Waals surface area contributed by atoms with Gasteiger partial charge in [-0.25, -0.2) is 4.79 Å². The van der Waals surface area contributed by atoms with Crippen LogP contribution in [0.1, 0.15) is 22.3 Å². The summed E-state index contributed by atoms with van der Waals surface area (Å²) in [5, 5.41) is 18.6. The number of aliphatic carboxylic acids is 1. The number of carboxylic acids is 1. The van der Waals surface area contributed by atoms with Gasteiger partial charge in [-0.05, 0) is 17.7 Å². The fraction of sp³-hybridized carbons (Fsp3) is 0.429. The predicted octanol–water partition coefficient (Wildman–Crippen LogP) is 0.493. The Labute approximate surface area is 116 Å². The summed E-state index contributed by atoms with van der Waals surface area (Å²) in [7, 11) is 1.59. The van der Waals surface area contributed by atoms with E-state index in [4.69, 9.17) is 9.84 Å². The Kier molecular flexibility index (Phi) is 4.36. The highest BCUT2D eigenvalue weighted by molar-refractivity contribution is 5.97. The van der Waals surface area contributed by atoms with Crippen LogP contribution >= 0.6 is 0 Å². The number of hydrogen-bond acceptors (Lipinski definition) is 4. The Hall–Kier alpha value is -1.92. The van der Waals surface area contributed by atoms with Crippen LogP contribution in [0, 0.1) is 0 Å². The number of aliphatic hydroxyl groups excluding tert-OH is 1. The second kappa shape index (κ2) is 6.02. The molecule has 1 aromatic rings. The second-order valence-corrected chi connectivity index (χ2v) is 4.83. The maximum atomic E-state index is 12.3. The number of methoxy groups -OCH3 is 1. The van der Waals surface area contributed by atoms with E-state index in [0.29, 0.717) is 12.2 Å². The van der Waals surface area contributed by atoms with E-state index < -0.39 is 18.1 Å². The summed E-state index contributed by atoms with van der Waals surface area (Å²) < 4.78 is 4.98. The number of carbonyl (C=O) groups excluding carboxylic acids is 1. The van der Waals surface area contributed by atoms with E-state index in [9.17, 15) is 14.7 Å².